The molecule has 15 heavy (non-hydrogen) atoms. The standard InChI is InChI=1S/C5H8F3NO5S/c1-4(12,2-10)3(11)9-15(13,14)5(6,7)8/h10,12H,2H2,1H3,(H,9,11). The molecule has 1 unspecified atom stereocenters. The molecule has 0 aromatic heterocycles. The fourth-order valence-corrected chi connectivity index (χ4v) is 0.941. The molecule has 6 nitrogen and oxygen atoms in total. The Morgan fingerprint density at radius 2 is 1.80 bits per heavy atom. The zero-order valence-corrected chi connectivity index (χ0v) is 8.18. The topological polar surface area (TPSA) is 104 Å². The number of carbonyl (C=O) groups is 1. The van der Waals surface area contributed by atoms with Gasteiger partial charge in [-0.3, -0.25) is 4.79 Å². The Labute approximate surface area is 82.8 Å². The van der Waals surface area contributed by atoms with E-state index in [9.17, 15) is 26.4 Å². The van der Waals surface area contributed by atoms with Crippen LogP contribution in [-0.2, 0) is 14.8 Å². The summed E-state index contributed by atoms with van der Waals surface area (Å²) in [5.41, 5.74) is -8.26. The Morgan fingerprint density at radius 3 is 2.07 bits per heavy atom. The number of aliphatic hydroxyl groups excluding tert-OH is 1. The van der Waals surface area contributed by atoms with E-state index in [1.54, 1.807) is 0 Å². The van der Waals surface area contributed by atoms with E-state index in [1.165, 1.54) is 0 Å². The smallest absolute Gasteiger partial charge is 0.393 e. The van der Waals surface area contributed by atoms with Gasteiger partial charge in [0.2, 0.25) is 0 Å². The molecule has 0 aliphatic carbocycles. The number of sulfonamides is 1. The summed E-state index contributed by atoms with van der Waals surface area (Å²) in [6.45, 7) is -0.555. The van der Waals surface area contributed by atoms with Crippen LogP contribution in [0.25, 0.3) is 0 Å². The Hall–Kier alpha value is -0.870. The SMILES string of the molecule is CC(O)(CO)C(=O)NS(=O)(=O)C(F)(F)F. The number of hydrogen-bond donors (Lipinski definition) is 3. The van der Waals surface area contributed by atoms with Crippen LogP contribution < -0.4 is 4.72 Å². The summed E-state index contributed by atoms with van der Waals surface area (Å²) in [5.74, 6) is -1.86. The van der Waals surface area contributed by atoms with Crippen molar-refractivity contribution in [3.8, 4) is 0 Å². The zero-order valence-electron chi connectivity index (χ0n) is 7.37. The molecule has 90 valence electrons. The maximum atomic E-state index is 11.7. The number of rotatable bonds is 3. The van der Waals surface area contributed by atoms with E-state index in [2.05, 4.69) is 0 Å². The molecule has 1 atom stereocenters. The average Bonchev–Trinajstić information content (AvgIpc) is 2.01. The summed E-state index contributed by atoms with van der Waals surface area (Å²) in [6.07, 6.45) is 0. The van der Waals surface area contributed by atoms with Gasteiger partial charge in [0.05, 0.1) is 6.61 Å². The van der Waals surface area contributed by atoms with E-state index in [0.29, 0.717) is 11.6 Å². The monoisotopic (exact) mass is 251 g/mol. The molecule has 1 amide bonds. The molecule has 3 N–H and O–H groups in total. The first kappa shape index (κ1) is 14.1. The van der Waals surface area contributed by atoms with E-state index < -0.39 is 33.6 Å². The quantitative estimate of drug-likeness (QED) is 0.578. The van der Waals surface area contributed by atoms with Crippen LogP contribution in [0.3, 0.4) is 0 Å². The second kappa shape index (κ2) is 3.94. The summed E-state index contributed by atoms with van der Waals surface area (Å²) in [4.78, 5) is 10.8. The molecule has 0 fully saturated rings. The fraction of sp³-hybridized carbons (Fsp3) is 0.800. The Morgan fingerprint density at radius 1 is 1.40 bits per heavy atom. The largest absolute Gasteiger partial charge is 0.516 e. The third-order valence-electron chi connectivity index (χ3n) is 1.33. The van der Waals surface area contributed by atoms with Gasteiger partial charge in [0.1, 0.15) is 0 Å². The van der Waals surface area contributed by atoms with Crippen molar-refractivity contribution in [3.63, 3.8) is 0 Å². The van der Waals surface area contributed by atoms with Crippen LogP contribution in [0.5, 0.6) is 0 Å². The van der Waals surface area contributed by atoms with Gasteiger partial charge >= 0.3 is 15.5 Å². The van der Waals surface area contributed by atoms with Crippen LogP contribution in [0.4, 0.5) is 13.2 Å². The predicted octanol–water partition coefficient (Wildman–Crippen LogP) is -1.30. The molecule has 0 radical (unpaired) electrons. The van der Waals surface area contributed by atoms with Crippen LogP contribution in [-0.4, -0.2) is 42.3 Å². The second-order valence-corrected chi connectivity index (χ2v) is 4.49. The van der Waals surface area contributed by atoms with Gasteiger partial charge in [-0.05, 0) is 6.92 Å². The minimum absolute atomic E-state index is 0.586. The van der Waals surface area contributed by atoms with Gasteiger partial charge in [-0.15, -0.1) is 0 Å². The molecule has 0 bridgehead atoms. The Kier molecular flexibility index (Phi) is 3.72. The van der Waals surface area contributed by atoms with Crippen LogP contribution in [0.15, 0.2) is 0 Å². The summed E-state index contributed by atoms with van der Waals surface area (Å²) in [6, 6.07) is 0. The predicted molar refractivity (Wildman–Crippen MR) is 40.8 cm³/mol. The summed E-state index contributed by atoms with van der Waals surface area (Å²) in [5, 5.41) is 17.3. The van der Waals surface area contributed by atoms with Gasteiger partial charge in [-0.2, -0.15) is 21.6 Å². The van der Waals surface area contributed by atoms with Crippen molar-refractivity contribution in [2.24, 2.45) is 0 Å². The molecule has 0 saturated heterocycles. The molecular formula is C5H8F3NO5S. The van der Waals surface area contributed by atoms with Gasteiger partial charge in [-0.1, -0.05) is 0 Å². The Bertz CT molecular complexity index is 346. The normalized spacial score (nSPS) is 16.9. The van der Waals surface area contributed by atoms with E-state index in [4.69, 9.17) is 10.2 Å². The van der Waals surface area contributed by atoms with Crippen LogP contribution >= 0.6 is 0 Å². The molecule has 0 heterocycles. The lowest BCUT2D eigenvalue weighted by Gasteiger charge is -2.19. The summed E-state index contributed by atoms with van der Waals surface area (Å²) in [7, 11) is -5.86. The van der Waals surface area contributed by atoms with Crippen molar-refractivity contribution in [2.75, 3.05) is 6.61 Å². The van der Waals surface area contributed by atoms with E-state index in [-0.39, 0.29) is 0 Å². The third kappa shape index (κ3) is 3.32. The van der Waals surface area contributed by atoms with Crippen molar-refractivity contribution in [1.29, 1.82) is 0 Å². The van der Waals surface area contributed by atoms with Crippen molar-refractivity contribution in [2.45, 2.75) is 18.0 Å². The molecule has 0 aromatic rings. The van der Waals surface area contributed by atoms with E-state index in [1.807, 2.05) is 0 Å². The van der Waals surface area contributed by atoms with Gasteiger partial charge < -0.3 is 10.2 Å². The molecule has 0 aliphatic heterocycles. The third-order valence-corrected chi connectivity index (χ3v) is 2.39. The fourth-order valence-electron chi connectivity index (χ4n) is 0.362. The first-order chi connectivity index (χ1) is 6.44. The van der Waals surface area contributed by atoms with Crippen LogP contribution in [0.2, 0.25) is 0 Å². The average molecular weight is 251 g/mol. The zero-order chi connectivity index (χ0) is 12.5. The van der Waals surface area contributed by atoms with Crippen molar-refractivity contribution in [1.82, 2.24) is 4.72 Å². The van der Waals surface area contributed by atoms with Crippen LogP contribution in [0, 0.1) is 0 Å². The van der Waals surface area contributed by atoms with Crippen molar-refractivity contribution < 1.29 is 36.6 Å². The number of alkyl halides is 3. The summed E-state index contributed by atoms with van der Waals surface area (Å²) < 4.78 is 56.6. The number of halogens is 3. The molecule has 0 rings (SSSR count). The Balaban J connectivity index is 4.87. The number of nitrogens with one attached hydrogen (secondary N) is 1. The van der Waals surface area contributed by atoms with Gasteiger partial charge in [0, 0.05) is 0 Å². The van der Waals surface area contributed by atoms with Gasteiger partial charge in [0.25, 0.3) is 5.91 Å². The number of amides is 1. The number of aliphatic hydroxyl groups is 2. The van der Waals surface area contributed by atoms with E-state index in [0.717, 1.165) is 0 Å². The highest BCUT2D eigenvalue weighted by molar-refractivity contribution is 7.90. The molecule has 0 saturated carbocycles. The highest BCUT2D eigenvalue weighted by Gasteiger charge is 2.48. The number of hydrogen-bond acceptors (Lipinski definition) is 5. The van der Waals surface area contributed by atoms with Gasteiger partial charge in [0.15, 0.2) is 5.60 Å². The van der Waals surface area contributed by atoms with Crippen molar-refractivity contribution in [3.05, 3.63) is 0 Å². The molecule has 0 spiro atoms. The lowest BCUT2D eigenvalue weighted by Crippen LogP contribution is -2.52. The van der Waals surface area contributed by atoms with Crippen molar-refractivity contribution >= 4 is 15.9 Å². The maximum Gasteiger partial charge on any atom is 0.516 e. The molecular weight excluding hydrogens is 243 g/mol. The minimum atomic E-state index is -5.86. The molecule has 0 aliphatic rings. The second-order valence-electron chi connectivity index (χ2n) is 2.81. The molecule has 10 heteroatoms. The summed E-state index contributed by atoms with van der Waals surface area (Å²) >= 11 is 0. The first-order valence-electron chi connectivity index (χ1n) is 3.41. The van der Waals surface area contributed by atoms with E-state index >= 15 is 0 Å². The maximum absolute atomic E-state index is 11.7. The highest BCUT2D eigenvalue weighted by atomic mass is 32.2. The first-order valence-corrected chi connectivity index (χ1v) is 4.89. The number of carbonyl (C=O) groups excluding carboxylic acids is 1. The van der Waals surface area contributed by atoms with Gasteiger partial charge in [-0.25, -0.2) is 4.72 Å². The highest BCUT2D eigenvalue weighted by Crippen LogP contribution is 2.22. The molecule has 0 aromatic carbocycles. The minimum Gasteiger partial charge on any atom is -0.393 e. The lowest BCUT2D eigenvalue weighted by atomic mass is 10.1. The van der Waals surface area contributed by atoms with Crippen LogP contribution in [0.1, 0.15) is 6.92 Å². The lowest BCUT2D eigenvalue weighted by molar-refractivity contribution is -0.140.